The van der Waals surface area contributed by atoms with Crippen molar-refractivity contribution >= 4 is 11.6 Å². The monoisotopic (exact) mass is 368 g/mol. The van der Waals surface area contributed by atoms with Crippen molar-refractivity contribution in [3.8, 4) is 11.3 Å². The largest absolute Gasteiger partial charge is 0.358 e. The fourth-order valence-corrected chi connectivity index (χ4v) is 3.84. The highest BCUT2D eigenvalue weighted by Crippen LogP contribution is 2.34. The van der Waals surface area contributed by atoms with E-state index in [0.717, 1.165) is 54.2 Å². The smallest absolute Gasteiger partial charge is 0.233 e. The summed E-state index contributed by atoms with van der Waals surface area (Å²) in [5, 5.41) is 11.4. The van der Waals surface area contributed by atoms with Gasteiger partial charge in [0, 0.05) is 37.8 Å². The summed E-state index contributed by atoms with van der Waals surface area (Å²) in [4.78, 5) is 18.6. The predicted octanol–water partition coefficient (Wildman–Crippen LogP) is 1.93. The molecule has 1 N–H and O–H groups in total. The van der Waals surface area contributed by atoms with Gasteiger partial charge in [-0.3, -0.25) is 9.69 Å². The normalized spacial score (nSPS) is 18.1. The lowest BCUT2D eigenvalue weighted by Crippen LogP contribution is -2.41. The van der Waals surface area contributed by atoms with Crippen molar-refractivity contribution in [2.75, 3.05) is 26.7 Å². The third-order valence-corrected chi connectivity index (χ3v) is 5.07. The summed E-state index contributed by atoms with van der Waals surface area (Å²) >= 11 is 0. The quantitative estimate of drug-likeness (QED) is 0.757. The summed E-state index contributed by atoms with van der Waals surface area (Å²) in [6, 6.07) is 3.90. The van der Waals surface area contributed by atoms with Crippen molar-refractivity contribution in [1.29, 1.82) is 0 Å². The van der Waals surface area contributed by atoms with Crippen molar-refractivity contribution in [2.45, 2.75) is 32.6 Å². The molecule has 0 spiro atoms. The lowest BCUT2D eigenvalue weighted by Gasteiger charge is -2.33. The molecule has 0 saturated carbocycles. The molecule has 1 saturated heterocycles. The first-order chi connectivity index (χ1) is 13.0. The summed E-state index contributed by atoms with van der Waals surface area (Å²) < 4.78 is 7.46. The topological polar surface area (TPSA) is 88.6 Å². The van der Waals surface area contributed by atoms with Gasteiger partial charge < -0.3 is 9.84 Å². The molecular formula is C19H24N6O2. The molecule has 0 radical (unpaired) electrons. The minimum Gasteiger partial charge on any atom is -0.358 e. The molecular weight excluding hydrogens is 344 g/mol. The number of piperidine rings is 1. The summed E-state index contributed by atoms with van der Waals surface area (Å²) in [5.41, 5.74) is 4.57. The van der Waals surface area contributed by atoms with Crippen molar-refractivity contribution < 1.29 is 9.32 Å². The fraction of sp³-hybridized carbons (Fsp3) is 0.474. The molecule has 1 aliphatic rings. The molecule has 8 nitrogen and oxygen atoms in total. The number of hydrogen-bond acceptors (Lipinski definition) is 6. The SMILES string of the molecule is CNC(=O)CN1CCCC(c2c(-c3cc(C)no3)cnc3cc(C)nn23)C1. The molecule has 1 atom stereocenters. The fourth-order valence-electron chi connectivity index (χ4n) is 3.84. The van der Waals surface area contributed by atoms with Crippen LogP contribution in [-0.2, 0) is 4.79 Å². The zero-order valence-electron chi connectivity index (χ0n) is 15.9. The van der Waals surface area contributed by atoms with Crippen molar-refractivity contribution in [1.82, 2.24) is 30.0 Å². The van der Waals surface area contributed by atoms with Gasteiger partial charge in [-0.05, 0) is 33.2 Å². The number of amides is 1. The van der Waals surface area contributed by atoms with Gasteiger partial charge >= 0.3 is 0 Å². The van der Waals surface area contributed by atoms with Crippen LogP contribution in [0.5, 0.6) is 0 Å². The Balaban J connectivity index is 1.77. The van der Waals surface area contributed by atoms with Crippen LogP contribution < -0.4 is 5.32 Å². The highest BCUT2D eigenvalue weighted by Gasteiger charge is 2.28. The van der Waals surface area contributed by atoms with Gasteiger partial charge in [-0.15, -0.1) is 0 Å². The van der Waals surface area contributed by atoms with Crippen molar-refractivity contribution in [3.05, 3.63) is 35.4 Å². The van der Waals surface area contributed by atoms with E-state index in [0.29, 0.717) is 12.3 Å². The minimum absolute atomic E-state index is 0.0385. The van der Waals surface area contributed by atoms with Gasteiger partial charge in [0.15, 0.2) is 11.4 Å². The van der Waals surface area contributed by atoms with Crippen molar-refractivity contribution in [2.24, 2.45) is 0 Å². The maximum Gasteiger partial charge on any atom is 0.233 e. The average Bonchev–Trinajstić information content (AvgIpc) is 3.25. The van der Waals surface area contributed by atoms with Gasteiger partial charge in [0.1, 0.15) is 0 Å². The van der Waals surface area contributed by atoms with E-state index in [9.17, 15) is 4.79 Å². The number of aryl methyl sites for hydroxylation is 2. The maximum absolute atomic E-state index is 11.8. The van der Waals surface area contributed by atoms with Crippen LogP contribution in [0.4, 0.5) is 0 Å². The van der Waals surface area contributed by atoms with E-state index in [1.54, 1.807) is 7.05 Å². The Morgan fingerprint density at radius 3 is 2.93 bits per heavy atom. The van der Waals surface area contributed by atoms with E-state index < -0.39 is 0 Å². The average molecular weight is 368 g/mol. The molecule has 0 aromatic carbocycles. The molecule has 1 aliphatic heterocycles. The standard InChI is InChI=1S/C19H24N6O2/c1-12-8-17-21-9-15(16-7-13(2)23-27-16)19(25(17)22-12)14-5-4-6-24(10-14)11-18(26)20-3/h7-9,14H,4-6,10-11H2,1-3H3,(H,20,26). The second-order valence-corrected chi connectivity index (χ2v) is 7.19. The zero-order chi connectivity index (χ0) is 19.0. The maximum atomic E-state index is 11.8. The second kappa shape index (κ2) is 7.11. The summed E-state index contributed by atoms with van der Waals surface area (Å²) in [6.07, 6.45) is 3.91. The molecule has 1 fully saturated rings. The first kappa shape index (κ1) is 17.7. The Morgan fingerprint density at radius 2 is 2.19 bits per heavy atom. The van der Waals surface area contributed by atoms with Crippen molar-refractivity contribution in [3.63, 3.8) is 0 Å². The predicted molar refractivity (Wildman–Crippen MR) is 100 cm³/mol. The number of aromatic nitrogens is 4. The van der Waals surface area contributed by atoms with Crippen LogP contribution >= 0.6 is 0 Å². The highest BCUT2D eigenvalue weighted by atomic mass is 16.5. The number of hydrogen-bond donors (Lipinski definition) is 1. The van der Waals surface area contributed by atoms with E-state index in [-0.39, 0.29) is 11.8 Å². The third-order valence-electron chi connectivity index (χ3n) is 5.07. The number of likely N-dealkylation sites (tertiary alicyclic amines) is 1. The van der Waals surface area contributed by atoms with Crippen LogP contribution in [0.1, 0.15) is 35.8 Å². The summed E-state index contributed by atoms with van der Waals surface area (Å²) in [7, 11) is 1.67. The van der Waals surface area contributed by atoms with Gasteiger partial charge in [0.25, 0.3) is 0 Å². The Hall–Kier alpha value is -2.74. The number of fused-ring (bicyclic) bond motifs is 1. The van der Waals surface area contributed by atoms with E-state index in [1.807, 2.05) is 36.7 Å². The number of nitrogens with zero attached hydrogens (tertiary/aromatic N) is 5. The third kappa shape index (κ3) is 3.44. The lowest BCUT2D eigenvalue weighted by molar-refractivity contribution is -0.122. The number of rotatable bonds is 4. The Kier molecular flexibility index (Phi) is 4.65. The number of nitrogens with one attached hydrogen (secondary N) is 1. The Bertz CT molecular complexity index is 976. The van der Waals surface area contributed by atoms with Crippen LogP contribution in [0, 0.1) is 13.8 Å². The first-order valence-corrected chi connectivity index (χ1v) is 9.27. The zero-order valence-corrected chi connectivity index (χ0v) is 15.9. The number of carbonyl (C=O) groups is 1. The molecule has 4 rings (SSSR count). The van der Waals surface area contributed by atoms with Crippen LogP contribution in [0.3, 0.4) is 0 Å². The van der Waals surface area contributed by atoms with Crippen LogP contribution in [-0.4, -0.2) is 57.2 Å². The molecule has 0 bridgehead atoms. The second-order valence-electron chi connectivity index (χ2n) is 7.19. The van der Waals surface area contributed by atoms with E-state index in [2.05, 4.69) is 25.5 Å². The molecule has 0 aliphatic carbocycles. The molecule has 4 heterocycles. The molecule has 27 heavy (non-hydrogen) atoms. The molecule has 1 unspecified atom stereocenters. The van der Waals surface area contributed by atoms with Gasteiger partial charge in [0.2, 0.25) is 5.91 Å². The molecule has 3 aromatic heterocycles. The van der Waals surface area contributed by atoms with Gasteiger partial charge in [0.05, 0.1) is 29.2 Å². The summed E-state index contributed by atoms with van der Waals surface area (Å²) in [6.45, 7) is 6.01. The minimum atomic E-state index is 0.0385. The van der Waals surface area contributed by atoms with E-state index in [1.165, 1.54) is 0 Å². The Labute approximate surface area is 157 Å². The first-order valence-electron chi connectivity index (χ1n) is 9.27. The van der Waals surface area contributed by atoms with Crippen LogP contribution in [0.15, 0.2) is 22.9 Å². The van der Waals surface area contributed by atoms with E-state index in [4.69, 9.17) is 4.52 Å². The van der Waals surface area contributed by atoms with Crippen LogP contribution in [0.25, 0.3) is 17.0 Å². The number of likely N-dealkylation sites (N-methyl/N-ethyl adjacent to an activating group) is 1. The lowest BCUT2D eigenvalue weighted by atomic mass is 9.91. The van der Waals surface area contributed by atoms with Gasteiger partial charge in [-0.2, -0.15) is 5.10 Å². The Morgan fingerprint density at radius 1 is 1.33 bits per heavy atom. The molecule has 3 aromatic rings. The molecule has 8 heteroatoms. The molecule has 1 amide bonds. The number of carbonyl (C=O) groups excluding carboxylic acids is 1. The summed E-state index contributed by atoms with van der Waals surface area (Å²) in [5.74, 6) is 0.971. The van der Waals surface area contributed by atoms with Crippen LogP contribution in [0.2, 0.25) is 0 Å². The van der Waals surface area contributed by atoms with Gasteiger partial charge in [-0.25, -0.2) is 9.50 Å². The highest BCUT2D eigenvalue weighted by molar-refractivity contribution is 5.77. The van der Waals surface area contributed by atoms with Gasteiger partial charge in [-0.1, -0.05) is 5.16 Å². The molecule has 142 valence electrons. The van der Waals surface area contributed by atoms with E-state index >= 15 is 0 Å².